The molecule has 0 aromatic carbocycles. The van der Waals surface area contributed by atoms with E-state index in [1.165, 1.54) is 0 Å². The Morgan fingerprint density at radius 2 is 1.67 bits per heavy atom. The maximum atomic E-state index is 11.9. The molecule has 15 heavy (non-hydrogen) atoms. The fraction of sp³-hybridized carbons (Fsp3) is 1.00. The third kappa shape index (κ3) is 5.37. The van der Waals surface area contributed by atoms with Gasteiger partial charge in [0.1, 0.15) is 0 Å². The van der Waals surface area contributed by atoms with Gasteiger partial charge >= 0.3 is 6.18 Å². The molecule has 0 aliphatic heterocycles. The molecular weight excluding hydrogens is 207 g/mol. The molecule has 0 radical (unpaired) electrons. The summed E-state index contributed by atoms with van der Waals surface area (Å²) < 4.78 is 35.6. The van der Waals surface area contributed by atoms with E-state index < -0.39 is 24.2 Å². The molecule has 0 aromatic rings. The van der Waals surface area contributed by atoms with Crippen LogP contribution in [-0.2, 0) is 0 Å². The van der Waals surface area contributed by atoms with Crippen LogP contribution in [-0.4, -0.2) is 41.9 Å². The highest BCUT2D eigenvalue weighted by atomic mass is 19.4. The van der Waals surface area contributed by atoms with Gasteiger partial charge in [0.2, 0.25) is 0 Å². The van der Waals surface area contributed by atoms with Crippen LogP contribution < -0.4 is 0 Å². The maximum absolute atomic E-state index is 11.9. The summed E-state index contributed by atoms with van der Waals surface area (Å²) in [5.41, 5.74) is -0.494. The predicted molar refractivity (Wildman–Crippen MR) is 53.7 cm³/mol. The average Bonchev–Trinajstić information content (AvgIpc) is 2.01. The van der Waals surface area contributed by atoms with Crippen molar-refractivity contribution < 1.29 is 18.3 Å². The molecule has 0 aliphatic rings. The average molecular weight is 227 g/mol. The van der Waals surface area contributed by atoms with Gasteiger partial charge in [-0.3, -0.25) is 0 Å². The molecule has 0 aromatic heterocycles. The van der Waals surface area contributed by atoms with Crippen LogP contribution in [0.3, 0.4) is 0 Å². The van der Waals surface area contributed by atoms with Gasteiger partial charge in [-0.05, 0) is 40.8 Å². The lowest BCUT2D eigenvalue weighted by molar-refractivity contribution is -0.137. The van der Waals surface area contributed by atoms with E-state index in [1.807, 2.05) is 18.7 Å². The predicted octanol–water partition coefficient (Wildman–Crippen LogP) is 2.42. The van der Waals surface area contributed by atoms with Crippen molar-refractivity contribution in [2.75, 3.05) is 14.1 Å². The Morgan fingerprint density at radius 3 is 2.00 bits per heavy atom. The second-order valence-corrected chi connectivity index (χ2v) is 4.57. The normalized spacial score (nSPS) is 15.8. The van der Waals surface area contributed by atoms with E-state index in [0.717, 1.165) is 0 Å². The monoisotopic (exact) mass is 227 g/mol. The Kier molecular flexibility index (Phi) is 5.06. The smallest absolute Gasteiger partial charge is 0.389 e. The Morgan fingerprint density at radius 1 is 1.20 bits per heavy atom. The molecule has 0 saturated heterocycles. The molecule has 5 heteroatoms. The van der Waals surface area contributed by atoms with Crippen LogP contribution in [0.1, 0.15) is 33.1 Å². The van der Waals surface area contributed by atoms with Crippen LogP contribution in [0.2, 0.25) is 0 Å². The van der Waals surface area contributed by atoms with Crippen molar-refractivity contribution in [2.45, 2.75) is 50.9 Å². The lowest BCUT2D eigenvalue weighted by Crippen LogP contribution is -2.48. The summed E-state index contributed by atoms with van der Waals surface area (Å²) in [6.45, 7) is 3.62. The molecule has 0 spiro atoms. The molecule has 1 atom stereocenters. The number of aliphatic hydroxyl groups excluding tert-OH is 1. The van der Waals surface area contributed by atoms with E-state index in [0.29, 0.717) is 0 Å². The number of likely N-dealkylation sites (N-methyl/N-ethyl adjacent to an activating group) is 1. The van der Waals surface area contributed by atoms with Gasteiger partial charge in [-0.1, -0.05) is 0 Å². The summed E-state index contributed by atoms with van der Waals surface area (Å²) in [6, 6.07) is 0. The minimum absolute atomic E-state index is 0.0259. The molecule has 92 valence electrons. The fourth-order valence-corrected chi connectivity index (χ4v) is 1.15. The van der Waals surface area contributed by atoms with Crippen molar-refractivity contribution in [3.63, 3.8) is 0 Å². The first-order valence-corrected chi connectivity index (χ1v) is 4.99. The summed E-state index contributed by atoms with van der Waals surface area (Å²) in [6.07, 6.45) is -5.54. The zero-order valence-electron chi connectivity index (χ0n) is 9.73. The van der Waals surface area contributed by atoms with Crippen molar-refractivity contribution in [3.8, 4) is 0 Å². The van der Waals surface area contributed by atoms with Crippen molar-refractivity contribution in [1.82, 2.24) is 4.90 Å². The van der Waals surface area contributed by atoms with Gasteiger partial charge in [0.25, 0.3) is 0 Å². The summed E-state index contributed by atoms with van der Waals surface area (Å²) in [7, 11) is 3.60. The van der Waals surface area contributed by atoms with Gasteiger partial charge in [0, 0.05) is 12.0 Å². The second kappa shape index (κ2) is 5.16. The molecule has 1 unspecified atom stereocenters. The Bertz CT molecular complexity index is 190. The number of hydrogen-bond donors (Lipinski definition) is 1. The number of halogens is 3. The van der Waals surface area contributed by atoms with Crippen LogP contribution in [0.15, 0.2) is 0 Å². The van der Waals surface area contributed by atoms with Crippen molar-refractivity contribution >= 4 is 0 Å². The molecule has 0 heterocycles. The van der Waals surface area contributed by atoms with E-state index in [9.17, 15) is 18.3 Å². The van der Waals surface area contributed by atoms with Crippen molar-refractivity contribution in [2.24, 2.45) is 0 Å². The van der Waals surface area contributed by atoms with Gasteiger partial charge in [0.15, 0.2) is 0 Å². The van der Waals surface area contributed by atoms with Gasteiger partial charge in [-0.15, -0.1) is 0 Å². The van der Waals surface area contributed by atoms with E-state index >= 15 is 0 Å². The Balaban J connectivity index is 3.99. The lowest BCUT2D eigenvalue weighted by Gasteiger charge is -2.37. The Labute approximate surface area is 89.1 Å². The van der Waals surface area contributed by atoms with Crippen LogP contribution in [0.4, 0.5) is 13.2 Å². The van der Waals surface area contributed by atoms with E-state index in [2.05, 4.69) is 0 Å². The van der Waals surface area contributed by atoms with Crippen LogP contribution in [0.5, 0.6) is 0 Å². The SMILES string of the molecule is CN(C)C(C)(C)C(O)CCCC(F)(F)F. The molecule has 0 rings (SSSR count). The summed E-state index contributed by atoms with van der Waals surface area (Å²) in [4.78, 5) is 1.81. The fourth-order valence-electron chi connectivity index (χ4n) is 1.15. The quantitative estimate of drug-likeness (QED) is 0.779. The molecule has 1 N–H and O–H groups in total. The molecule has 0 bridgehead atoms. The number of rotatable bonds is 5. The van der Waals surface area contributed by atoms with E-state index in [1.54, 1.807) is 14.1 Å². The molecule has 0 fully saturated rings. The van der Waals surface area contributed by atoms with Crippen LogP contribution in [0.25, 0.3) is 0 Å². The van der Waals surface area contributed by atoms with Crippen LogP contribution in [0, 0.1) is 0 Å². The molecule has 0 amide bonds. The first-order chi connectivity index (χ1) is 6.57. The highest BCUT2D eigenvalue weighted by Crippen LogP contribution is 2.25. The zero-order chi connectivity index (χ0) is 12.3. The first kappa shape index (κ1) is 14.7. The summed E-state index contributed by atoms with van der Waals surface area (Å²) >= 11 is 0. The topological polar surface area (TPSA) is 23.5 Å². The number of alkyl halides is 3. The minimum atomic E-state index is -4.12. The number of nitrogens with zero attached hydrogens (tertiary/aromatic N) is 1. The largest absolute Gasteiger partial charge is 0.391 e. The van der Waals surface area contributed by atoms with Crippen molar-refractivity contribution in [1.29, 1.82) is 0 Å². The van der Waals surface area contributed by atoms with Gasteiger partial charge in [-0.2, -0.15) is 13.2 Å². The Hall–Kier alpha value is -0.290. The van der Waals surface area contributed by atoms with Gasteiger partial charge < -0.3 is 10.0 Å². The molecular formula is C10H20F3NO. The minimum Gasteiger partial charge on any atom is -0.391 e. The van der Waals surface area contributed by atoms with E-state index in [4.69, 9.17) is 0 Å². The second-order valence-electron chi connectivity index (χ2n) is 4.57. The van der Waals surface area contributed by atoms with Gasteiger partial charge in [0.05, 0.1) is 6.10 Å². The van der Waals surface area contributed by atoms with Gasteiger partial charge in [-0.25, -0.2) is 0 Å². The highest BCUT2D eigenvalue weighted by Gasteiger charge is 2.32. The third-order valence-electron chi connectivity index (χ3n) is 2.91. The standard InChI is InChI=1S/C10H20F3NO/c1-9(2,14(3)4)8(15)6-5-7-10(11,12)13/h8,15H,5-7H2,1-4H3. The third-order valence-corrected chi connectivity index (χ3v) is 2.91. The number of hydrogen-bond acceptors (Lipinski definition) is 2. The lowest BCUT2D eigenvalue weighted by atomic mass is 9.92. The maximum Gasteiger partial charge on any atom is 0.389 e. The summed E-state index contributed by atoms with van der Waals surface area (Å²) in [5.74, 6) is 0. The molecule has 0 aliphatic carbocycles. The summed E-state index contributed by atoms with van der Waals surface area (Å²) in [5, 5.41) is 9.74. The molecule has 2 nitrogen and oxygen atoms in total. The van der Waals surface area contributed by atoms with Crippen molar-refractivity contribution in [3.05, 3.63) is 0 Å². The number of aliphatic hydroxyl groups is 1. The highest BCUT2D eigenvalue weighted by molar-refractivity contribution is 4.85. The zero-order valence-corrected chi connectivity index (χ0v) is 9.73. The van der Waals surface area contributed by atoms with E-state index in [-0.39, 0.29) is 12.8 Å². The van der Waals surface area contributed by atoms with Crippen LogP contribution >= 0.6 is 0 Å². The molecule has 0 saturated carbocycles. The first-order valence-electron chi connectivity index (χ1n) is 4.99.